The van der Waals surface area contributed by atoms with Gasteiger partial charge in [0.15, 0.2) is 0 Å². The van der Waals surface area contributed by atoms with Crippen LogP contribution >= 0.6 is 23.2 Å². The predicted molar refractivity (Wildman–Crippen MR) is 140 cm³/mol. The topological polar surface area (TPSA) is 64.1 Å². The molecule has 2 saturated heterocycles. The average molecular weight is 546 g/mol. The zero-order chi connectivity index (χ0) is 26.4. The van der Waals surface area contributed by atoms with Crippen molar-refractivity contribution in [1.82, 2.24) is 4.90 Å². The third-order valence-electron chi connectivity index (χ3n) is 6.67. The number of hydrogen-bond donors (Lipinski definition) is 1. The summed E-state index contributed by atoms with van der Waals surface area (Å²) in [7, 11) is 1.50. The fraction of sp³-hybridized carbons (Fsp3) is 0.259. The summed E-state index contributed by atoms with van der Waals surface area (Å²) in [6.07, 6.45) is -1.52. The molecule has 2 heterocycles. The van der Waals surface area contributed by atoms with Crippen molar-refractivity contribution in [2.45, 2.75) is 12.3 Å². The molecule has 2 amide bonds. The van der Waals surface area contributed by atoms with Crippen molar-refractivity contribution >= 4 is 46.4 Å². The number of carbonyl (C=O) groups is 2. The molecule has 0 atom stereocenters. The van der Waals surface area contributed by atoms with E-state index in [9.17, 15) is 23.5 Å². The number of hydrogen-bond acceptors (Lipinski definition) is 4. The van der Waals surface area contributed by atoms with Gasteiger partial charge in [0, 0.05) is 36.3 Å². The molecule has 0 aromatic heterocycles. The Morgan fingerprint density at radius 1 is 1.00 bits per heavy atom. The van der Waals surface area contributed by atoms with Gasteiger partial charge in [-0.2, -0.15) is 0 Å². The highest BCUT2D eigenvalue weighted by Crippen LogP contribution is 2.39. The van der Waals surface area contributed by atoms with Crippen molar-refractivity contribution < 1.29 is 23.5 Å². The Balaban J connectivity index is 1.52. The van der Waals surface area contributed by atoms with Gasteiger partial charge in [-0.1, -0.05) is 35.3 Å². The quantitative estimate of drug-likeness (QED) is 0.487. The van der Waals surface area contributed by atoms with E-state index in [1.807, 2.05) is 0 Å². The molecule has 3 aromatic carbocycles. The van der Waals surface area contributed by atoms with Gasteiger partial charge in [0.05, 0.1) is 41.2 Å². The minimum atomic E-state index is -1.00. The molecule has 0 saturated carbocycles. The number of amides is 2. The Bertz CT molecular complexity index is 1370. The Morgan fingerprint density at radius 2 is 1.73 bits per heavy atom. The first-order chi connectivity index (χ1) is 17.6. The maximum atomic E-state index is 14.5. The third kappa shape index (κ3) is 4.77. The normalized spacial score (nSPS) is 15.8. The second-order valence-corrected chi connectivity index (χ2v) is 10.0. The average Bonchev–Trinajstić information content (AvgIpc) is 2.84. The lowest BCUT2D eigenvalue weighted by atomic mass is 9.98. The molecule has 0 unspecified atom stereocenters. The van der Waals surface area contributed by atoms with Gasteiger partial charge >= 0.3 is 0 Å². The van der Waals surface area contributed by atoms with Crippen LogP contribution in [0.5, 0.6) is 0 Å². The summed E-state index contributed by atoms with van der Waals surface area (Å²) in [5.74, 6) is -1.59. The second kappa shape index (κ2) is 9.93. The summed E-state index contributed by atoms with van der Waals surface area (Å²) in [5.41, 5.74) is 2.43. The van der Waals surface area contributed by atoms with Gasteiger partial charge in [-0.3, -0.25) is 9.59 Å². The molecule has 2 fully saturated rings. The summed E-state index contributed by atoms with van der Waals surface area (Å²) in [5, 5.41) is 9.93. The van der Waals surface area contributed by atoms with Crippen LogP contribution in [0.1, 0.15) is 20.7 Å². The number of alkyl halides is 1. The summed E-state index contributed by atoms with van der Waals surface area (Å²) in [4.78, 5) is 30.6. The Labute approximate surface area is 222 Å². The van der Waals surface area contributed by atoms with E-state index < -0.39 is 24.0 Å². The van der Waals surface area contributed by atoms with E-state index in [-0.39, 0.29) is 42.7 Å². The number of benzene rings is 3. The van der Waals surface area contributed by atoms with Crippen molar-refractivity contribution in [2.75, 3.05) is 43.0 Å². The van der Waals surface area contributed by atoms with Crippen LogP contribution in [0.25, 0.3) is 11.1 Å². The molecule has 2 aliphatic heterocycles. The van der Waals surface area contributed by atoms with E-state index in [2.05, 4.69) is 0 Å². The standard InChI is InChI=1S/C27H23Cl2F2N3O3/c1-32(27(37)25-21(29)3-2-4-22(25)31)23-8-6-15(10-24(23)33-11-17(30)12-33)19-9-16(5-7-20(19)28)26(36)34-13-18(35)14-34/h2-10,17-18,35H,11-14H2,1H3. The van der Waals surface area contributed by atoms with Crippen LogP contribution in [-0.4, -0.2) is 67.3 Å². The van der Waals surface area contributed by atoms with Crippen molar-refractivity contribution in [1.29, 1.82) is 0 Å². The fourth-order valence-corrected chi connectivity index (χ4v) is 4.98. The molecule has 0 aliphatic carbocycles. The monoisotopic (exact) mass is 545 g/mol. The molecule has 2 aliphatic rings. The van der Waals surface area contributed by atoms with Gasteiger partial charge in [0.2, 0.25) is 0 Å². The van der Waals surface area contributed by atoms with Gasteiger partial charge in [0.25, 0.3) is 11.8 Å². The van der Waals surface area contributed by atoms with Gasteiger partial charge < -0.3 is 19.8 Å². The maximum absolute atomic E-state index is 14.5. The molecular formula is C27H23Cl2F2N3O3. The number of β-amino-alcohol motifs (C(OH)–C–C–N with tert-alkyl or cyclic N) is 1. The summed E-state index contributed by atoms with van der Waals surface area (Å²) >= 11 is 12.6. The number of rotatable bonds is 5. The smallest absolute Gasteiger partial charge is 0.262 e. The van der Waals surface area contributed by atoms with Crippen molar-refractivity contribution in [3.8, 4) is 11.1 Å². The van der Waals surface area contributed by atoms with Crippen LogP contribution < -0.4 is 9.80 Å². The van der Waals surface area contributed by atoms with Gasteiger partial charge in [0.1, 0.15) is 12.0 Å². The number of aliphatic hydroxyl groups is 1. The lowest BCUT2D eigenvalue weighted by molar-refractivity contribution is 0.00590. The molecule has 0 spiro atoms. The van der Waals surface area contributed by atoms with Crippen LogP contribution in [0.2, 0.25) is 10.0 Å². The number of anilines is 2. The van der Waals surface area contributed by atoms with Gasteiger partial charge in [-0.15, -0.1) is 0 Å². The van der Waals surface area contributed by atoms with Crippen molar-refractivity contribution in [3.63, 3.8) is 0 Å². The molecule has 37 heavy (non-hydrogen) atoms. The van der Waals surface area contributed by atoms with E-state index in [4.69, 9.17) is 23.2 Å². The lowest BCUT2D eigenvalue weighted by Crippen LogP contribution is -2.53. The molecule has 3 aromatic rings. The lowest BCUT2D eigenvalue weighted by Gasteiger charge is -2.39. The van der Waals surface area contributed by atoms with E-state index in [0.717, 1.165) is 6.07 Å². The third-order valence-corrected chi connectivity index (χ3v) is 7.31. The van der Waals surface area contributed by atoms with Crippen molar-refractivity contribution in [2.24, 2.45) is 0 Å². The van der Waals surface area contributed by atoms with Gasteiger partial charge in [-0.25, -0.2) is 8.78 Å². The minimum Gasteiger partial charge on any atom is -0.389 e. The molecule has 6 nitrogen and oxygen atoms in total. The maximum Gasteiger partial charge on any atom is 0.262 e. The van der Waals surface area contributed by atoms with E-state index >= 15 is 0 Å². The van der Waals surface area contributed by atoms with Crippen LogP contribution in [-0.2, 0) is 0 Å². The second-order valence-electron chi connectivity index (χ2n) is 9.23. The van der Waals surface area contributed by atoms with Crippen LogP contribution in [0.4, 0.5) is 20.2 Å². The molecule has 1 N–H and O–H groups in total. The number of carbonyl (C=O) groups excluding carboxylic acids is 2. The first-order valence-corrected chi connectivity index (χ1v) is 12.4. The largest absolute Gasteiger partial charge is 0.389 e. The minimum absolute atomic E-state index is 0.00854. The fourth-order valence-electron chi connectivity index (χ4n) is 4.51. The first kappa shape index (κ1) is 25.4. The van der Waals surface area contributed by atoms with E-state index in [1.54, 1.807) is 46.2 Å². The molecule has 0 bridgehead atoms. The molecular weight excluding hydrogens is 523 g/mol. The summed E-state index contributed by atoms with van der Waals surface area (Å²) in [6, 6.07) is 14.1. The van der Waals surface area contributed by atoms with Crippen LogP contribution in [0.3, 0.4) is 0 Å². The van der Waals surface area contributed by atoms with Crippen LogP contribution in [0, 0.1) is 5.82 Å². The Hall–Kier alpha value is -3.20. The Morgan fingerprint density at radius 3 is 2.38 bits per heavy atom. The zero-order valence-electron chi connectivity index (χ0n) is 19.8. The number of aliphatic hydroxyl groups excluding tert-OH is 1. The van der Waals surface area contributed by atoms with Gasteiger partial charge in [-0.05, 0) is 48.0 Å². The first-order valence-electron chi connectivity index (χ1n) is 11.7. The summed E-state index contributed by atoms with van der Waals surface area (Å²) < 4.78 is 28.3. The highest BCUT2D eigenvalue weighted by atomic mass is 35.5. The van der Waals surface area contributed by atoms with E-state index in [1.165, 1.54) is 24.1 Å². The SMILES string of the molecule is CN(C(=O)c1c(F)cccc1Cl)c1ccc(-c2cc(C(=O)N3CC(O)C3)ccc2Cl)cc1N1CC(F)C1. The molecule has 5 rings (SSSR count). The Kier molecular flexibility index (Phi) is 6.83. The molecule has 10 heteroatoms. The van der Waals surface area contributed by atoms with Crippen molar-refractivity contribution in [3.05, 3.63) is 81.6 Å². The molecule has 192 valence electrons. The number of likely N-dealkylation sites (tertiary alicyclic amines) is 1. The predicted octanol–water partition coefficient (Wildman–Crippen LogP) is 5.05. The number of halogens is 4. The summed E-state index contributed by atoms with van der Waals surface area (Å²) in [6.45, 7) is 0.841. The van der Waals surface area contributed by atoms with E-state index in [0.29, 0.717) is 33.1 Å². The highest BCUT2D eigenvalue weighted by molar-refractivity contribution is 6.35. The van der Waals surface area contributed by atoms with Crippen LogP contribution in [0.15, 0.2) is 54.6 Å². The molecule has 0 radical (unpaired) electrons. The highest BCUT2D eigenvalue weighted by Gasteiger charge is 2.32. The number of nitrogens with zero attached hydrogens (tertiary/aromatic N) is 3. The zero-order valence-corrected chi connectivity index (χ0v) is 21.3.